The Hall–Kier alpha value is -3.47. The Labute approximate surface area is 156 Å². The Morgan fingerprint density at radius 3 is 2.52 bits per heavy atom. The number of anilines is 1. The number of allylic oxidation sites excluding steroid dienone is 1. The van der Waals surface area contributed by atoms with Crippen LogP contribution in [0.3, 0.4) is 0 Å². The van der Waals surface area contributed by atoms with Gasteiger partial charge in [0.05, 0.1) is 16.8 Å². The molecule has 0 atom stereocenters. The van der Waals surface area contributed by atoms with Crippen LogP contribution in [-0.4, -0.2) is 22.0 Å². The number of benzene rings is 2. The highest BCUT2D eigenvalue weighted by molar-refractivity contribution is 6.06. The van der Waals surface area contributed by atoms with Gasteiger partial charge >= 0.3 is 5.97 Å². The molecule has 0 aliphatic heterocycles. The lowest BCUT2D eigenvalue weighted by Crippen LogP contribution is -2.05. The quantitative estimate of drug-likeness (QED) is 0.728. The van der Waals surface area contributed by atoms with Crippen molar-refractivity contribution in [1.82, 2.24) is 4.98 Å². The number of hydrogen-bond donors (Lipinski definition) is 2. The third-order valence-electron chi connectivity index (χ3n) is 4.73. The smallest absolute Gasteiger partial charge is 0.336 e. The van der Waals surface area contributed by atoms with Crippen molar-refractivity contribution in [2.24, 2.45) is 0 Å². The van der Waals surface area contributed by atoms with Gasteiger partial charge in [-0.25, -0.2) is 9.78 Å². The van der Waals surface area contributed by atoms with E-state index in [0.29, 0.717) is 22.9 Å². The van der Waals surface area contributed by atoms with Gasteiger partial charge in [0.25, 0.3) is 0 Å². The van der Waals surface area contributed by atoms with Gasteiger partial charge in [-0.3, -0.25) is 4.79 Å². The van der Waals surface area contributed by atoms with Gasteiger partial charge in [-0.2, -0.15) is 0 Å². The minimum atomic E-state index is -0.911. The number of aromatic carboxylic acids is 1. The van der Waals surface area contributed by atoms with E-state index in [9.17, 15) is 14.7 Å². The Morgan fingerprint density at radius 1 is 1.07 bits per heavy atom. The second kappa shape index (κ2) is 6.68. The number of rotatable bonds is 3. The van der Waals surface area contributed by atoms with Gasteiger partial charge in [-0.15, -0.1) is 0 Å². The summed E-state index contributed by atoms with van der Waals surface area (Å²) in [7, 11) is 0. The molecule has 0 bridgehead atoms. The molecule has 5 nitrogen and oxygen atoms in total. The van der Waals surface area contributed by atoms with Crippen molar-refractivity contribution in [3.63, 3.8) is 0 Å². The molecule has 134 valence electrons. The molecule has 2 N–H and O–H groups in total. The number of hydrogen-bond acceptors (Lipinski definition) is 3. The molecule has 0 saturated carbocycles. The van der Waals surface area contributed by atoms with E-state index in [4.69, 9.17) is 4.98 Å². The van der Waals surface area contributed by atoms with E-state index in [-0.39, 0.29) is 5.91 Å². The number of carbonyl (C=O) groups excluding carboxylic acids is 1. The lowest BCUT2D eigenvalue weighted by molar-refractivity contribution is -0.114. The zero-order valence-corrected chi connectivity index (χ0v) is 14.8. The molecule has 0 saturated heterocycles. The highest BCUT2D eigenvalue weighted by Crippen LogP contribution is 2.37. The number of carbonyl (C=O) groups is 2. The highest BCUT2D eigenvalue weighted by atomic mass is 16.4. The zero-order valence-electron chi connectivity index (χ0n) is 14.8. The van der Waals surface area contributed by atoms with Gasteiger partial charge in [0.2, 0.25) is 5.91 Å². The molecule has 1 amide bonds. The minimum absolute atomic E-state index is 0.108. The maximum Gasteiger partial charge on any atom is 0.336 e. The molecule has 1 aliphatic rings. The molecular formula is C22H18N2O3. The Balaban J connectivity index is 1.78. The van der Waals surface area contributed by atoms with Crippen LogP contribution in [0, 0.1) is 0 Å². The standard InChI is InChI=1S/C22H18N2O3/c1-13(25)23-16-9-6-14(7-10-16)12-15-8-11-18-20(22(26)27)17-4-2-3-5-19(17)24-21(15)18/h2-7,9-10,12H,8,11H2,1H3,(H,23,25)(H,26,27)/b15-12+. The number of nitrogens with zero attached hydrogens (tertiary/aromatic N) is 1. The first kappa shape index (κ1) is 17.0. The molecule has 4 rings (SSSR count). The van der Waals surface area contributed by atoms with Crippen LogP contribution >= 0.6 is 0 Å². The van der Waals surface area contributed by atoms with Crippen LogP contribution in [0.15, 0.2) is 48.5 Å². The fraction of sp³-hybridized carbons (Fsp3) is 0.136. The first-order valence-corrected chi connectivity index (χ1v) is 8.76. The summed E-state index contributed by atoms with van der Waals surface area (Å²) >= 11 is 0. The molecule has 3 aromatic rings. The highest BCUT2D eigenvalue weighted by Gasteiger charge is 2.26. The summed E-state index contributed by atoms with van der Waals surface area (Å²) in [6, 6.07) is 14.9. The number of pyridine rings is 1. The molecular weight excluding hydrogens is 340 g/mol. The van der Waals surface area contributed by atoms with Crippen LogP contribution in [0.4, 0.5) is 5.69 Å². The summed E-state index contributed by atoms with van der Waals surface area (Å²) in [4.78, 5) is 27.8. The number of carboxylic acids is 1. The van der Waals surface area contributed by atoms with Crippen LogP contribution in [0.5, 0.6) is 0 Å². The molecule has 0 unspecified atom stereocenters. The molecule has 5 heteroatoms. The van der Waals surface area contributed by atoms with Crippen LogP contribution < -0.4 is 5.32 Å². The first-order valence-electron chi connectivity index (χ1n) is 8.76. The number of para-hydroxylation sites is 1. The van der Waals surface area contributed by atoms with Crippen LogP contribution in [0.25, 0.3) is 22.6 Å². The van der Waals surface area contributed by atoms with Crippen LogP contribution in [0.1, 0.15) is 40.5 Å². The summed E-state index contributed by atoms with van der Waals surface area (Å²) in [6.45, 7) is 1.47. The number of aromatic nitrogens is 1. The van der Waals surface area contributed by atoms with Gasteiger partial charge in [-0.05, 0) is 53.8 Å². The van der Waals surface area contributed by atoms with Gasteiger partial charge in [0.15, 0.2) is 0 Å². The Morgan fingerprint density at radius 2 is 1.81 bits per heavy atom. The maximum atomic E-state index is 11.9. The van der Waals surface area contributed by atoms with E-state index < -0.39 is 5.97 Å². The van der Waals surface area contributed by atoms with E-state index in [1.807, 2.05) is 54.6 Å². The predicted octanol–water partition coefficient (Wildman–Crippen LogP) is 4.38. The molecule has 1 heterocycles. The molecule has 0 spiro atoms. The van der Waals surface area contributed by atoms with E-state index in [1.165, 1.54) is 6.92 Å². The van der Waals surface area contributed by atoms with Crippen molar-refractivity contribution in [2.75, 3.05) is 5.32 Å². The number of amides is 1. The molecule has 0 radical (unpaired) electrons. The minimum Gasteiger partial charge on any atom is -0.478 e. The fourth-order valence-electron chi connectivity index (χ4n) is 3.59. The SMILES string of the molecule is CC(=O)Nc1ccc(/C=C2\CCc3c2nc2ccccc2c3C(=O)O)cc1. The Kier molecular flexibility index (Phi) is 4.20. The van der Waals surface area contributed by atoms with E-state index in [1.54, 1.807) is 0 Å². The topological polar surface area (TPSA) is 79.3 Å². The lowest BCUT2D eigenvalue weighted by Gasteiger charge is -2.09. The van der Waals surface area contributed by atoms with Gasteiger partial charge in [-0.1, -0.05) is 30.3 Å². The van der Waals surface area contributed by atoms with E-state index in [2.05, 4.69) is 5.32 Å². The lowest BCUT2D eigenvalue weighted by atomic mass is 10.0. The van der Waals surface area contributed by atoms with E-state index in [0.717, 1.165) is 34.5 Å². The monoisotopic (exact) mass is 358 g/mol. The van der Waals surface area contributed by atoms with Crippen molar-refractivity contribution in [3.05, 3.63) is 70.9 Å². The average Bonchev–Trinajstić information content (AvgIpc) is 3.03. The van der Waals surface area contributed by atoms with Crippen molar-refractivity contribution in [1.29, 1.82) is 0 Å². The molecule has 27 heavy (non-hydrogen) atoms. The summed E-state index contributed by atoms with van der Waals surface area (Å²) < 4.78 is 0. The predicted molar refractivity (Wildman–Crippen MR) is 106 cm³/mol. The van der Waals surface area contributed by atoms with Crippen molar-refractivity contribution in [3.8, 4) is 0 Å². The van der Waals surface area contributed by atoms with Crippen molar-refractivity contribution >= 4 is 40.1 Å². The van der Waals surface area contributed by atoms with Gasteiger partial charge in [0, 0.05) is 18.0 Å². The first-order chi connectivity index (χ1) is 13.0. The second-order valence-corrected chi connectivity index (χ2v) is 6.61. The fourth-order valence-corrected chi connectivity index (χ4v) is 3.59. The molecule has 1 aliphatic carbocycles. The van der Waals surface area contributed by atoms with Crippen LogP contribution in [0.2, 0.25) is 0 Å². The zero-order chi connectivity index (χ0) is 19.0. The summed E-state index contributed by atoms with van der Waals surface area (Å²) in [5.41, 5.74) is 5.40. The third-order valence-corrected chi connectivity index (χ3v) is 4.73. The van der Waals surface area contributed by atoms with Gasteiger partial charge in [0.1, 0.15) is 0 Å². The summed E-state index contributed by atoms with van der Waals surface area (Å²) in [6.07, 6.45) is 3.47. The van der Waals surface area contributed by atoms with Crippen molar-refractivity contribution < 1.29 is 14.7 Å². The van der Waals surface area contributed by atoms with E-state index >= 15 is 0 Å². The third kappa shape index (κ3) is 3.19. The number of carboxylic acid groups (broad SMARTS) is 1. The number of fused-ring (bicyclic) bond motifs is 2. The van der Waals surface area contributed by atoms with Gasteiger partial charge < -0.3 is 10.4 Å². The maximum absolute atomic E-state index is 11.9. The average molecular weight is 358 g/mol. The number of nitrogens with one attached hydrogen (secondary N) is 1. The largest absolute Gasteiger partial charge is 0.478 e. The molecule has 0 fully saturated rings. The second-order valence-electron chi connectivity index (χ2n) is 6.61. The Bertz CT molecular complexity index is 1100. The summed E-state index contributed by atoms with van der Waals surface area (Å²) in [5.74, 6) is -1.02. The molecule has 1 aromatic heterocycles. The van der Waals surface area contributed by atoms with Crippen LogP contribution in [-0.2, 0) is 11.2 Å². The normalized spacial score (nSPS) is 14.3. The van der Waals surface area contributed by atoms with Crippen molar-refractivity contribution in [2.45, 2.75) is 19.8 Å². The molecule has 2 aromatic carbocycles. The summed E-state index contributed by atoms with van der Waals surface area (Å²) in [5, 5.41) is 13.2.